The predicted octanol–water partition coefficient (Wildman–Crippen LogP) is 1.89. The Bertz CT molecular complexity index is 337. The smallest absolute Gasteiger partial charge is 0.140 e. The van der Waals surface area contributed by atoms with Crippen molar-refractivity contribution in [1.29, 1.82) is 0 Å². The van der Waals surface area contributed by atoms with Crippen molar-refractivity contribution in [3.63, 3.8) is 0 Å². The van der Waals surface area contributed by atoms with Crippen LogP contribution in [0.4, 0.5) is 0 Å². The SMILES string of the molecule is CCCC1(c2nncn2C(C)C)CCNC1. The van der Waals surface area contributed by atoms with E-state index in [9.17, 15) is 0 Å². The summed E-state index contributed by atoms with van der Waals surface area (Å²) in [4.78, 5) is 0. The van der Waals surface area contributed by atoms with E-state index in [2.05, 4.69) is 40.9 Å². The Morgan fingerprint density at radius 3 is 2.94 bits per heavy atom. The van der Waals surface area contributed by atoms with Gasteiger partial charge in [-0.15, -0.1) is 10.2 Å². The van der Waals surface area contributed by atoms with Crippen molar-refractivity contribution in [2.75, 3.05) is 13.1 Å². The number of hydrogen-bond donors (Lipinski definition) is 1. The molecule has 2 rings (SSSR count). The maximum Gasteiger partial charge on any atom is 0.140 e. The van der Waals surface area contributed by atoms with E-state index in [-0.39, 0.29) is 5.41 Å². The van der Waals surface area contributed by atoms with E-state index in [1.807, 2.05) is 6.33 Å². The molecule has 1 aliphatic heterocycles. The van der Waals surface area contributed by atoms with Crippen molar-refractivity contribution >= 4 is 0 Å². The molecule has 1 atom stereocenters. The van der Waals surface area contributed by atoms with Crippen LogP contribution in [-0.2, 0) is 5.41 Å². The van der Waals surface area contributed by atoms with Crippen LogP contribution in [0.3, 0.4) is 0 Å². The molecule has 0 spiro atoms. The average molecular weight is 222 g/mol. The lowest BCUT2D eigenvalue weighted by Crippen LogP contribution is -2.33. The van der Waals surface area contributed by atoms with Crippen LogP contribution in [0.2, 0.25) is 0 Å². The Morgan fingerprint density at radius 2 is 2.38 bits per heavy atom. The molecule has 1 aliphatic rings. The van der Waals surface area contributed by atoms with Crippen molar-refractivity contribution in [2.45, 2.75) is 51.5 Å². The first-order chi connectivity index (χ1) is 7.69. The van der Waals surface area contributed by atoms with Crippen LogP contribution in [0.25, 0.3) is 0 Å². The second-order valence-electron chi connectivity index (χ2n) is 5.11. The van der Waals surface area contributed by atoms with Crippen molar-refractivity contribution in [2.24, 2.45) is 0 Å². The van der Waals surface area contributed by atoms with Gasteiger partial charge in [0, 0.05) is 18.0 Å². The Morgan fingerprint density at radius 1 is 1.56 bits per heavy atom. The zero-order valence-corrected chi connectivity index (χ0v) is 10.5. The molecule has 1 N–H and O–H groups in total. The summed E-state index contributed by atoms with van der Waals surface area (Å²) in [6.07, 6.45) is 5.46. The third-order valence-electron chi connectivity index (χ3n) is 3.58. The summed E-state index contributed by atoms with van der Waals surface area (Å²) in [6.45, 7) is 8.77. The molecule has 0 amide bonds. The van der Waals surface area contributed by atoms with Crippen molar-refractivity contribution in [3.05, 3.63) is 12.2 Å². The van der Waals surface area contributed by atoms with E-state index >= 15 is 0 Å². The highest BCUT2D eigenvalue weighted by atomic mass is 15.3. The first-order valence-electron chi connectivity index (χ1n) is 6.30. The monoisotopic (exact) mass is 222 g/mol. The van der Waals surface area contributed by atoms with Crippen LogP contribution in [0.15, 0.2) is 6.33 Å². The molecule has 1 unspecified atom stereocenters. The van der Waals surface area contributed by atoms with E-state index in [1.165, 1.54) is 25.1 Å². The fourth-order valence-electron chi connectivity index (χ4n) is 2.74. The molecule has 16 heavy (non-hydrogen) atoms. The maximum absolute atomic E-state index is 4.38. The molecule has 4 nitrogen and oxygen atoms in total. The van der Waals surface area contributed by atoms with Crippen molar-refractivity contribution in [1.82, 2.24) is 20.1 Å². The van der Waals surface area contributed by atoms with Gasteiger partial charge in [0.05, 0.1) is 0 Å². The second kappa shape index (κ2) is 4.53. The number of hydrogen-bond acceptors (Lipinski definition) is 3. The van der Waals surface area contributed by atoms with Gasteiger partial charge in [-0.25, -0.2) is 0 Å². The standard InChI is InChI=1S/C12H22N4/c1-4-5-12(6-7-13-8-12)11-15-14-9-16(11)10(2)3/h9-10,13H,4-8H2,1-3H3. The van der Waals surface area contributed by atoms with E-state index in [1.54, 1.807) is 0 Å². The van der Waals surface area contributed by atoms with Crippen LogP contribution in [0, 0.1) is 0 Å². The van der Waals surface area contributed by atoms with Crippen molar-refractivity contribution < 1.29 is 0 Å². The Kier molecular flexibility index (Phi) is 3.28. The number of nitrogens with zero attached hydrogens (tertiary/aromatic N) is 3. The molecule has 0 saturated carbocycles. The minimum absolute atomic E-state index is 0.218. The number of nitrogens with one attached hydrogen (secondary N) is 1. The summed E-state index contributed by atoms with van der Waals surface area (Å²) in [7, 11) is 0. The molecule has 1 fully saturated rings. The summed E-state index contributed by atoms with van der Waals surface area (Å²) in [5.74, 6) is 1.18. The maximum atomic E-state index is 4.38. The largest absolute Gasteiger partial charge is 0.316 e. The van der Waals surface area contributed by atoms with Gasteiger partial charge in [0.15, 0.2) is 0 Å². The summed E-state index contributed by atoms with van der Waals surface area (Å²) in [6, 6.07) is 0.444. The molecule has 1 aromatic heterocycles. The molecular formula is C12H22N4. The summed E-state index contributed by atoms with van der Waals surface area (Å²) < 4.78 is 2.22. The van der Waals surface area contributed by atoms with Gasteiger partial charge in [0.25, 0.3) is 0 Å². The molecule has 0 bridgehead atoms. The minimum Gasteiger partial charge on any atom is -0.316 e. The van der Waals surface area contributed by atoms with Gasteiger partial charge >= 0.3 is 0 Å². The predicted molar refractivity (Wildman–Crippen MR) is 64.5 cm³/mol. The lowest BCUT2D eigenvalue weighted by Gasteiger charge is -2.28. The number of aromatic nitrogens is 3. The summed E-state index contributed by atoms with van der Waals surface area (Å²) in [5, 5.41) is 12.0. The third kappa shape index (κ3) is 1.86. The van der Waals surface area contributed by atoms with E-state index in [0.29, 0.717) is 6.04 Å². The van der Waals surface area contributed by atoms with Crippen LogP contribution < -0.4 is 5.32 Å². The fraction of sp³-hybridized carbons (Fsp3) is 0.833. The zero-order chi connectivity index (χ0) is 11.6. The number of rotatable bonds is 4. The van der Waals surface area contributed by atoms with Gasteiger partial charge in [-0.2, -0.15) is 0 Å². The van der Waals surface area contributed by atoms with E-state index < -0.39 is 0 Å². The first kappa shape index (κ1) is 11.6. The minimum atomic E-state index is 0.218. The van der Waals surface area contributed by atoms with Gasteiger partial charge in [-0.05, 0) is 33.2 Å². The molecule has 4 heteroatoms. The molecule has 0 aromatic carbocycles. The van der Waals surface area contributed by atoms with Crippen LogP contribution in [-0.4, -0.2) is 27.9 Å². The molecule has 1 saturated heterocycles. The van der Waals surface area contributed by atoms with Gasteiger partial charge in [-0.1, -0.05) is 13.3 Å². The molecular weight excluding hydrogens is 200 g/mol. The lowest BCUT2D eigenvalue weighted by atomic mass is 9.81. The molecule has 1 aromatic rings. The highest BCUT2D eigenvalue weighted by molar-refractivity contribution is 5.13. The van der Waals surface area contributed by atoms with Crippen LogP contribution in [0.5, 0.6) is 0 Å². The highest BCUT2D eigenvalue weighted by Gasteiger charge is 2.39. The Labute approximate surface area is 97.5 Å². The second-order valence-corrected chi connectivity index (χ2v) is 5.11. The average Bonchev–Trinajstić information content (AvgIpc) is 2.85. The Hall–Kier alpha value is -0.900. The van der Waals surface area contributed by atoms with Gasteiger partial charge in [-0.3, -0.25) is 0 Å². The molecule has 2 heterocycles. The molecule has 0 radical (unpaired) electrons. The van der Waals surface area contributed by atoms with E-state index in [0.717, 1.165) is 13.1 Å². The molecule has 0 aliphatic carbocycles. The van der Waals surface area contributed by atoms with Gasteiger partial charge < -0.3 is 9.88 Å². The van der Waals surface area contributed by atoms with Crippen molar-refractivity contribution in [3.8, 4) is 0 Å². The van der Waals surface area contributed by atoms with Crippen LogP contribution >= 0.6 is 0 Å². The fourth-order valence-corrected chi connectivity index (χ4v) is 2.74. The topological polar surface area (TPSA) is 42.7 Å². The van der Waals surface area contributed by atoms with E-state index in [4.69, 9.17) is 0 Å². The van der Waals surface area contributed by atoms with Gasteiger partial charge in [0.2, 0.25) is 0 Å². The lowest BCUT2D eigenvalue weighted by molar-refractivity contribution is 0.372. The normalized spacial score (nSPS) is 25.5. The molecule has 90 valence electrons. The summed E-state index contributed by atoms with van der Waals surface area (Å²) in [5.41, 5.74) is 0.218. The highest BCUT2D eigenvalue weighted by Crippen LogP contribution is 2.34. The first-order valence-corrected chi connectivity index (χ1v) is 6.30. The quantitative estimate of drug-likeness (QED) is 0.846. The van der Waals surface area contributed by atoms with Crippen LogP contribution in [0.1, 0.15) is 51.9 Å². The van der Waals surface area contributed by atoms with Gasteiger partial charge in [0.1, 0.15) is 12.2 Å². The summed E-state index contributed by atoms with van der Waals surface area (Å²) >= 11 is 0. The third-order valence-corrected chi connectivity index (χ3v) is 3.58. The Balaban J connectivity index is 2.35. The zero-order valence-electron chi connectivity index (χ0n) is 10.5.